The predicted octanol–water partition coefficient (Wildman–Crippen LogP) is 1.66. The highest BCUT2D eigenvalue weighted by Gasteiger charge is 2.18. The van der Waals surface area contributed by atoms with E-state index in [-0.39, 0.29) is 18.0 Å². The summed E-state index contributed by atoms with van der Waals surface area (Å²) in [6, 6.07) is -0.123. The van der Waals surface area contributed by atoms with E-state index in [0.717, 1.165) is 12.8 Å². The molecule has 0 radical (unpaired) electrons. The molecule has 0 aromatic rings. The molecule has 3 N–H and O–H groups in total. The number of carbonyl (C=O) groups excluding carboxylic acids is 1. The van der Waals surface area contributed by atoms with Crippen LogP contribution >= 0.6 is 0 Å². The first-order valence-electron chi connectivity index (χ1n) is 5.62. The normalized spacial score (nSPS) is 15.3. The molecule has 3 heteroatoms. The standard InChI is InChI=1S/C11H24N2O/c1-5-9(6-2)8(4)13-11(14)10(12)7-3/h8-10H,5-7,12H2,1-4H3,(H,13,14). The van der Waals surface area contributed by atoms with Gasteiger partial charge in [0.15, 0.2) is 0 Å². The monoisotopic (exact) mass is 200 g/mol. The Bertz CT molecular complexity index is 167. The zero-order chi connectivity index (χ0) is 11.1. The number of rotatable bonds is 6. The molecular formula is C11H24N2O. The van der Waals surface area contributed by atoms with Crippen molar-refractivity contribution in [2.24, 2.45) is 11.7 Å². The predicted molar refractivity (Wildman–Crippen MR) is 59.9 cm³/mol. The van der Waals surface area contributed by atoms with Gasteiger partial charge in [0, 0.05) is 6.04 Å². The van der Waals surface area contributed by atoms with Crippen LogP contribution in [0.5, 0.6) is 0 Å². The Hall–Kier alpha value is -0.570. The third-order valence-corrected chi connectivity index (χ3v) is 2.90. The minimum absolute atomic E-state index is 0.0214. The molecule has 0 aliphatic carbocycles. The quantitative estimate of drug-likeness (QED) is 0.685. The number of nitrogens with one attached hydrogen (secondary N) is 1. The van der Waals surface area contributed by atoms with E-state index >= 15 is 0 Å². The molecule has 0 saturated heterocycles. The molecule has 0 rings (SSSR count). The molecule has 0 aliphatic rings. The molecule has 1 amide bonds. The Morgan fingerprint density at radius 2 is 1.71 bits per heavy atom. The Balaban J connectivity index is 4.03. The van der Waals surface area contributed by atoms with Gasteiger partial charge >= 0.3 is 0 Å². The van der Waals surface area contributed by atoms with Crippen molar-refractivity contribution in [3.8, 4) is 0 Å². The first-order valence-corrected chi connectivity index (χ1v) is 5.62. The van der Waals surface area contributed by atoms with Gasteiger partial charge in [-0.05, 0) is 19.3 Å². The van der Waals surface area contributed by atoms with Gasteiger partial charge in [-0.15, -0.1) is 0 Å². The summed E-state index contributed by atoms with van der Waals surface area (Å²) >= 11 is 0. The van der Waals surface area contributed by atoms with Crippen molar-refractivity contribution in [1.29, 1.82) is 0 Å². The molecule has 0 aliphatic heterocycles. The number of nitrogens with two attached hydrogens (primary N) is 1. The first kappa shape index (κ1) is 13.4. The number of amides is 1. The average molecular weight is 200 g/mol. The van der Waals surface area contributed by atoms with Gasteiger partial charge in [-0.3, -0.25) is 4.79 Å². The van der Waals surface area contributed by atoms with Gasteiger partial charge < -0.3 is 11.1 Å². The van der Waals surface area contributed by atoms with Gasteiger partial charge in [0.05, 0.1) is 6.04 Å². The second kappa shape index (κ2) is 6.82. The SMILES string of the molecule is CCC(N)C(=O)NC(C)C(CC)CC. The Morgan fingerprint density at radius 1 is 1.21 bits per heavy atom. The van der Waals surface area contributed by atoms with Crippen LogP contribution in [0.2, 0.25) is 0 Å². The summed E-state index contributed by atoms with van der Waals surface area (Å²) in [4.78, 5) is 11.5. The lowest BCUT2D eigenvalue weighted by molar-refractivity contribution is -0.123. The van der Waals surface area contributed by atoms with Gasteiger partial charge in [-0.2, -0.15) is 0 Å². The van der Waals surface area contributed by atoms with E-state index in [2.05, 4.69) is 26.1 Å². The summed E-state index contributed by atoms with van der Waals surface area (Å²) in [5, 5.41) is 2.97. The van der Waals surface area contributed by atoms with Crippen molar-refractivity contribution in [2.45, 2.75) is 59.0 Å². The van der Waals surface area contributed by atoms with Crippen molar-refractivity contribution in [3.63, 3.8) is 0 Å². The molecule has 0 aromatic carbocycles. The highest BCUT2D eigenvalue weighted by molar-refractivity contribution is 5.81. The van der Waals surface area contributed by atoms with Gasteiger partial charge in [-0.25, -0.2) is 0 Å². The smallest absolute Gasteiger partial charge is 0.237 e. The molecule has 14 heavy (non-hydrogen) atoms. The molecule has 0 fully saturated rings. The fourth-order valence-corrected chi connectivity index (χ4v) is 1.63. The van der Waals surface area contributed by atoms with E-state index in [4.69, 9.17) is 5.73 Å². The second-order valence-corrected chi connectivity index (χ2v) is 3.89. The number of hydrogen-bond acceptors (Lipinski definition) is 2. The van der Waals surface area contributed by atoms with E-state index in [1.165, 1.54) is 0 Å². The molecule has 0 saturated carbocycles. The van der Waals surface area contributed by atoms with Crippen molar-refractivity contribution in [1.82, 2.24) is 5.32 Å². The number of carbonyl (C=O) groups is 1. The van der Waals surface area contributed by atoms with E-state index in [9.17, 15) is 4.79 Å². The van der Waals surface area contributed by atoms with E-state index in [1.807, 2.05) is 6.92 Å². The topological polar surface area (TPSA) is 55.1 Å². The van der Waals surface area contributed by atoms with Crippen LogP contribution in [0.3, 0.4) is 0 Å². The molecule has 2 atom stereocenters. The molecule has 0 aromatic heterocycles. The number of hydrogen-bond donors (Lipinski definition) is 2. The van der Waals surface area contributed by atoms with Crippen LogP contribution in [0.4, 0.5) is 0 Å². The maximum Gasteiger partial charge on any atom is 0.237 e. The van der Waals surface area contributed by atoms with E-state index in [0.29, 0.717) is 12.3 Å². The van der Waals surface area contributed by atoms with Gasteiger partial charge in [0.2, 0.25) is 5.91 Å². The average Bonchev–Trinajstić information content (AvgIpc) is 2.18. The lowest BCUT2D eigenvalue weighted by Gasteiger charge is -2.23. The summed E-state index contributed by atoms with van der Waals surface area (Å²) in [5.41, 5.74) is 5.64. The molecule has 0 spiro atoms. The van der Waals surface area contributed by atoms with Crippen LogP contribution < -0.4 is 11.1 Å². The van der Waals surface area contributed by atoms with Crippen LogP contribution in [0.1, 0.15) is 47.0 Å². The van der Waals surface area contributed by atoms with E-state index in [1.54, 1.807) is 0 Å². The van der Waals surface area contributed by atoms with Crippen LogP contribution in [0.15, 0.2) is 0 Å². The molecule has 84 valence electrons. The summed E-state index contributed by atoms with van der Waals surface area (Å²) < 4.78 is 0. The fraction of sp³-hybridized carbons (Fsp3) is 0.909. The van der Waals surface area contributed by atoms with Crippen LogP contribution in [0.25, 0.3) is 0 Å². The highest BCUT2D eigenvalue weighted by atomic mass is 16.2. The van der Waals surface area contributed by atoms with Crippen molar-refractivity contribution < 1.29 is 4.79 Å². The lowest BCUT2D eigenvalue weighted by Crippen LogP contribution is -2.46. The lowest BCUT2D eigenvalue weighted by atomic mass is 9.95. The van der Waals surface area contributed by atoms with Crippen LogP contribution in [-0.2, 0) is 4.79 Å². The molecule has 3 nitrogen and oxygen atoms in total. The minimum atomic E-state index is -0.355. The maximum atomic E-state index is 11.5. The highest BCUT2D eigenvalue weighted by Crippen LogP contribution is 2.12. The molecule has 0 bridgehead atoms. The fourth-order valence-electron chi connectivity index (χ4n) is 1.63. The van der Waals surface area contributed by atoms with Crippen molar-refractivity contribution >= 4 is 5.91 Å². The second-order valence-electron chi connectivity index (χ2n) is 3.89. The first-order chi connectivity index (χ1) is 6.56. The zero-order valence-electron chi connectivity index (χ0n) is 9.84. The third kappa shape index (κ3) is 4.09. The summed E-state index contributed by atoms with van der Waals surface area (Å²) in [7, 11) is 0. The molecule has 2 unspecified atom stereocenters. The van der Waals surface area contributed by atoms with E-state index < -0.39 is 0 Å². The van der Waals surface area contributed by atoms with Crippen LogP contribution in [0, 0.1) is 5.92 Å². The Morgan fingerprint density at radius 3 is 2.07 bits per heavy atom. The van der Waals surface area contributed by atoms with Crippen LogP contribution in [-0.4, -0.2) is 18.0 Å². The summed E-state index contributed by atoms with van der Waals surface area (Å²) in [6.07, 6.45) is 2.89. The summed E-state index contributed by atoms with van der Waals surface area (Å²) in [6.45, 7) is 8.27. The van der Waals surface area contributed by atoms with Gasteiger partial charge in [0.1, 0.15) is 0 Å². The van der Waals surface area contributed by atoms with Gasteiger partial charge in [0.25, 0.3) is 0 Å². The zero-order valence-corrected chi connectivity index (χ0v) is 9.84. The third-order valence-electron chi connectivity index (χ3n) is 2.90. The minimum Gasteiger partial charge on any atom is -0.352 e. The largest absolute Gasteiger partial charge is 0.352 e. The van der Waals surface area contributed by atoms with Gasteiger partial charge in [-0.1, -0.05) is 33.6 Å². The Kier molecular flexibility index (Phi) is 6.54. The Labute approximate surface area is 87.4 Å². The van der Waals surface area contributed by atoms with Crippen molar-refractivity contribution in [3.05, 3.63) is 0 Å². The maximum absolute atomic E-state index is 11.5. The molecular weight excluding hydrogens is 176 g/mol. The molecule has 0 heterocycles. The summed E-state index contributed by atoms with van der Waals surface area (Å²) in [5.74, 6) is 0.537. The van der Waals surface area contributed by atoms with Crippen molar-refractivity contribution in [2.75, 3.05) is 0 Å².